The molecule has 1 aromatic heterocycles. The van der Waals surface area contributed by atoms with Gasteiger partial charge in [-0.25, -0.2) is 0 Å². The molecule has 2 aromatic rings. The third kappa shape index (κ3) is 3.19. The Morgan fingerprint density at radius 2 is 1.95 bits per heavy atom. The average molecular weight is 337 g/mol. The monoisotopic (exact) mass is 336 g/mol. The molecule has 1 aliphatic carbocycles. The lowest BCUT2D eigenvalue weighted by molar-refractivity contribution is 0.0920. The first kappa shape index (κ1) is 17.0. The third-order valence-electron chi connectivity index (χ3n) is 3.92. The molecule has 1 heterocycles. The van der Waals surface area contributed by atoms with Crippen LogP contribution in [0.3, 0.4) is 0 Å². The van der Waals surface area contributed by atoms with Crippen LogP contribution in [0.15, 0.2) is 30.3 Å². The van der Waals surface area contributed by atoms with Crippen LogP contribution in [0.2, 0.25) is 0 Å². The zero-order valence-electron chi connectivity index (χ0n) is 12.8. The van der Waals surface area contributed by atoms with E-state index in [2.05, 4.69) is 29.6 Å². The number of carbonyl (C=O) groups is 1. The van der Waals surface area contributed by atoms with E-state index in [1.54, 1.807) is 11.3 Å². The number of nitrogens with two attached hydrogens (primary N) is 1. The van der Waals surface area contributed by atoms with Crippen molar-refractivity contribution < 1.29 is 4.79 Å². The average Bonchev–Trinajstić information content (AvgIpc) is 2.91. The van der Waals surface area contributed by atoms with Crippen molar-refractivity contribution in [2.24, 2.45) is 5.73 Å². The van der Waals surface area contributed by atoms with Crippen molar-refractivity contribution >= 4 is 29.7 Å². The maximum atomic E-state index is 12.4. The van der Waals surface area contributed by atoms with E-state index in [4.69, 9.17) is 5.73 Å². The predicted molar refractivity (Wildman–Crippen MR) is 95.0 cm³/mol. The number of thiophene rings is 1. The van der Waals surface area contributed by atoms with E-state index in [0.717, 1.165) is 17.7 Å². The lowest BCUT2D eigenvalue weighted by Gasteiger charge is -2.23. The number of amides is 1. The lowest BCUT2D eigenvalue weighted by Crippen LogP contribution is -2.48. The Kier molecular flexibility index (Phi) is 4.95. The summed E-state index contributed by atoms with van der Waals surface area (Å²) in [5.74, 6) is -0.0256. The molecule has 0 radical (unpaired) electrons. The molecule has 22 heavy (non-hydrogen) atoms. The molecule has 3 nitrogen and oxygen atoms in total. The Labute approximate surface area is 141 Å². The summed E-state index contributed by atoms with van der Waals surface area (Å²) in [6.07, 6.45) is 2.06. The van der Waals surface area contributed by atoms with Gasteiger partial charge < -0.3 is 11.1 Å². The SMILES string of the molecule is CC(C)(CN)NC(=O)c1cc2c(s1)-c1ccccc1CC2.Cl. The highest BCUT2D eigenvalue weighted by Crippen LogP contribution is 2.39. The Bertz CT molecular complexity index is 694. The molecule has 0 atom stereocenters. The van der Waals surface area contributed by atoms with E-state index < -0.39 is 0 Å². The fraction of sp³-hybridized carbons (Fsp3) is 0.353. The Balaban J connectivity index is 0.00000176. The van der Waals surface area contributed by atoms with Crippen LogP contribution in [0.1, 0.15) is 34.6 Å². The van der Waals surface area contributed by atoms with Gasteiger partial charge in [-0.2, -0.15) is 0 Å². The number of hydrogen-bond donors (Lipinski definition) is 2. The summed E-state index contributed by atoms with van der Waals surface area (Å²) in [7, 11) is 0. The van der Waals surface area contributed by atoms with E-state index in [0.29, 0.717) is 6.54 Å². The summed E-state index contributed by atoms with van der Waals surface area (Å²) in [5.41, 5.74) is 9.25. The van der Waals surface area contributed by atoms with Gasteiger partial charge in [-0.3, -0.25) is 4.79 Å². The van der Waals surface area contributed by atoms with Gasteiger partial charge in [-0.05, 0) is 49.4 Å². The first-order valence-electron chi connectivity index (χ1n) is 7.24. The van der Waals surface area contributed by atoms with Gasteiger partial charge >= 0.3 is 0 Å². The molecular formula is C17H21ClN2OS. The third-order valence-corrected chi connectivity index (χ3v) is 5.13. The van der Waals surface area contributed by atoms with E-state index in [9.17, 15) is 4.79 Å². The first-order valence-corrected chi connectivity index (χ1v) is 8.05. The largest absolute Gasteiger partial charge is 0.345 e. The number of halogens is 1. The molecule has 0 unspecified atom stereocenters. The molecule has 3 N–H and O–H groups in total. The summed E-state index contributed by atoms with van der Waals surface area (Å²) in [6, 6.07) is 10.5. The van der Waals surface area contributed by atoms with Crippen molar-refractivity contribution in [2.75, 3.05) is 6.54 Å². The molecule has 3 rings (SSSR count). The molecular weight excluding hydrogens is 316 g/mol. The Morgan fingerprint density at radius 3 is 2.68 bits per heavy atom. The maximum Gasteiger partial charge on any atom is 0.261 e. The van der Waals surface area contributed by atoms with Gasteiger partial charge in [0, 0.05) is 17.0 Å². The Morgan fingerprint density at radius 1 is 1.27 bits per heavy atom. The van der Waals surface area contributed by atoms with Crippen molar-refractivity contribution in [3.05, 3.63) is 46.3 Å². The van der Waals surface area contributed by atoms with Gasteiger partial charge in [0.05, 0.1) is 4.88 Å². The zero-order chi connectivity index (χ0) is 15.0. The summed E-state index contributed by atoms with van der Waals surface area (Å²) < 4.78 is 0. The number of benzene rings is 1. The number of nitrogens with one attached hydrogen (secondary N) is 1. The molecule has 0 aliphatic heterocycles. The van der Waals surface area contributed by atoms with Crippen LogP contribution < -0.4 is 11.1 Å². The quantitative estimate of drug-likeness (QED) is 0.902. The Hall–Kier alpha value is -1.36. The normalized spacial score (nSPS) is 12.9. The molecule has 1 aromatic carbocycles. The molecule has 0 saturated heterocycles. The number of hydrogen-bond acceptors (Lipinski definition) is 3. The number of aryl methyl sites for hydroxylation is 2. The number of carbonyl (C=O) groups excluding carboxylic acids is 1. The highest BCUT2D eigenvalue weighted by atomic mass is 35.5. The van der Waals surface area contributed by atoms with Crippen molar-refractivity contribution in [3.8, 4) is 10.4 Å². The van der Waals surface area contributed by atoms with Crippen molar-refractivity contribution in [1.82, 2.24) is 5.32 Å². The van der Waals surface area contributed by atoms with Gasteiger partial charge in [0.25, 0.3) is 5.91 Å². The van der Waals surface area contributed by atoms with E-state index in [-0.39, 0.29) is 23.9 Å². The number of rotatable bonds is 3. The van der Waals surface area contributed by atoms with Crippen LogP contribution in [0.5, 0.6) is 0 Å². The second kappa shape index (κ2) is 6.41. The molecule has 1 aliphatic rings. The minimum atomic E-state index is -0.376. The highest BCUT2D eigenvalue weighted by molar-refractivity contribution is 7.17. The second-order valence-electron chi connectivity index (χ2n) is 6.16. The van der Waals surface area contributed by atoms with Crippen LogP contribution in [0.4, 0.5) is 0 Å². The molecule has 0 fully saturated rings. The standard InChI is InChI=1S/C17H20N2OS.ClH/c1-17(2,10-18)19-16(20)14-9-12-8-7-11-5-3-4-6-13(11)15(12)21-14;/h3-6,9H,7-8,10,18H2,1-2H3,(H,19,20);1H. The van der Waals surface area contributed by atoms with Crippen LogP contribution in [-0.4, -0.2) is 18.0 Å². The van der Waals surface area contributed by atoms with Crippen molar-refractivity contribution in [1.29, 1.82) is 0 Å². The van der Waals surface area contributed by atoms with Gasteiger partial charge in [-0.15, -0.1) is 23.7 Å². The topological polar surface area (TPSA) is 55.1 Å². The summed E-state index contributed by atoms with van der Waals surface area (Å²) in [4.78, 5) is 14.4. The lowest BCUT2D eigenvalue weighted by atomic mass is 9.91. The molecule has 0 bridgehead atoms. The predicted octanol–water partition coefficient (Wildman–Crippen LogP) is 3.40. The fourth-order valence-corrected chi connectivity index (χ4v) is 3.77. The van der Waals surface area contributed by atoms with Gasteiger partial charge in [0.15, 0.2) is 0 Å². The van der Waals surface area contributed by atoms with Gasteiger partial charge in [-0.1, -0.05) is 24.3 Å². The molecule has 1 amide bonds. The number of fused-ring (bicyclic) bond motifs is 3. The van der Waals surface area contributed by atoms with E-state index in [1.165, 1.54) is 21.6 Å². The smallest absolute Gasteiger partial charge is 0.261 e. The fourth-order valence-electron chi connectivity index (χ4n) is 2.60. The summed E-state index contributed by atoms with van der Waals surface area (Å²) in [6.45, 7) is 4.30. The minimum absolute atomic E-state index is 0. The highest BCUT2D eigenvalue weighted by Gasteiger charge is 2.24. The van der Waals surface area contributed by atoms with Crippen LogP contribution in [0, 0.1) is 0 Å². The van der Waals surface area contributed by atoms with Crippen LogP contribution in [0.25, 0.3) is 10.4 Å². The van der Waals surface area contributed by atoms with Gasteiger partial charge in [0.2, 0.25) is 0 Å². The van der Waals surface area contributed by atoms with Crippen molar-refractivity contribution in [3.63, 3.8) is 0 Å². The maximum absolute atomic E-state index is 12.4. The molecule has 0 saturated carbocycles. The van der Waals surface area contributed by atoms with E-state index in [1.807, 2.05) is 19.9 Å². The van der Waals surface area contributed by atoms with E-state index >= 15 is 0 Å². The zero-order valence-corrected chi connectivity index (χ0v) is 14.4. The van der Waals surface area contributed by atoms with Crippen molar-refractivity contribution in [2.45, 2.75) is 32.2 Å². The molecule has 118 valence electrons. The minimum Gasteiger partial charge on any atom is -0.345 e. The van der Waals surface area contributed by atoms with Gasteiger partial charge in [0.1, 0.15) is 0 Å². The summed E-state index contributed by atoms with van der Waals surface area (Å²) >= 11 is 1.58. The van der Waals surface area contributed by atoms with Crippen LogP contribution in [-0.2, 0) is 12.8 Å². The molecule has 0 spiro atoms. The molecule has 5 heteroatoms. The van der Waals surface area contributed by atoms with Crippen LogP contribution >= 0.6 is 23.7 Å². The second-order valence-corrected chi connectivity index (χ2v) is 7.22. The first-order chi connectivity index (χ1) is 10.00. The summed E-state index contributed by atoms with van der Waals surface area (Å²) in [5, 5.41) is 3.00.